The third-order valence-electron chi connectivity index (χ3n) is 9.62. The minimum atomic E-state index is -1.43. The van der Waals surface area contributed by atoms with Gasteiger partial charge in [0, 0.05) is 0 Å². The van der Waals surface area contributed by atoms with Crippen molar-refractivity contribution >= 4 is 0 Å². The van der Waals surface area contributed by atoms with Crippen LogP contribution in [0.5, 0.6) is 0 Å². The molecule has 0 aromatic rings. The molecular formula is C30H48O4. The van der Waals surface area contributed by atoms with Crippen LogP contribution in [-0.2, 0) is 0 Å². The van der Waals surface area contributed by atoms with Crippen LogP contribution in [0.25, 0.3) is 0 Å². The zero-order chi connectivity index (χ0) is 25.1. The lowest BCUT2D eigenvalue weighted by molar-refractivity contribution is -0.144. The molecular weight excluding hydrogens is 424 g/mol. The first-order valence-corrected chi connectivity index (χ1v) is 13.5. The van der Waals surface area contributed by atoms with Gasteiger partial charge in [0.25, 0.3) is 0 Å². The van der Waals surface area contributed by atoms with Crippen molar-refractivity contribution < 1.29 is 20.4 Å². The van der Waals surface area contributed by atoms with Crippen molar-refractivity contribution in [2.75, 3.05) is 0 Å². The summed E-state index contributed by atoms with van der Waals surface area (Å²) in [6.45, 7) is 10.4. The molecule has 0 aromatic carbocycles. The molecule has 4 N–H and O–H groups in total. The highest BCUT2D eigenvalue weighted by molar-refractivity contribution is 5.27. The topological polar surface area (TPSA) is 80.9 Å². The van der Waals surface area contributed by atoms with Crippen molar-refractivity contribution in [2.24, 2.45) is 23.2 Å². The van der Waals surface area contributed by atoms with E-state index in [0.29, 0.717) is 36.0 Å². The number of allylic oxidation sites excluding steroid dienone is 6. The average molecular weight is 473 g/mol. The third-order valence-corrected chi connectivity index (χ3v) is 9.62. The van der Waals surface area contributed by atoms with Crippen LogP contribution in [-0.4, -0.2) is 43.8 Å². The maximum Gasteiger partial charge on any atom is 0.114 e. The van der Waals surface area contributed by atoms with Crippen molar-refractivity contribution in [1.29, 1.82) is 0 Å². The third kappa shape index (κ3) is 5.61. The van der Waals surface area contributed by atoms with Crippen LogP contribution in [0.4, 0.5) is 0 Å². The van der Waals surface area contributed by atoms with Gasteiger partial charge in [0.2, 0.25) is 0 Å². The largest absolute Gasteiger partial charge is 0.390 e. The van der Waals surface area contributed by atoms with Gasteiger partial charge in [-0.15, -0.1) is 0 Å². The molecule has 3 rings (SSSR count). The second-order valence-corrected chi connectivity index (χ2v) is 11.7. The predicted octanol–water partition coefficient (Wildman–Crippen LogP) is 5.62. The first-order chi connectivity index (χ1) is 16.0. The van der Waals surface area contributed by atoms with Crippen molar-refractivity contribution in [2.45, 2.75) is 116 Å². The van der Waals surface area contributed by atoms with Crippen LogP contribution in [0.15, 0.2) is 47.6 Å². The Morgan fingerprint density at radius 3 is 2.29 bits per heavy atom. The molecule has 34 heavy (non-hydrogen) atoms. The lowest BCUT2D eigenvalue weighted by Crippen LogP contribution is -2.52. The summed E-state index contributed by atoms with van der Waals surface area (Å²) in [6, 6.07) is 0. The molecule has 3 fully saturated rings. The van der Waals surface area contributed by atoms with Gasteiger partial charge in [-0.25, -0.2) is 0 Å². The molecule has 0 amide bonds. The molecule has 0 bridgehead atoms. The summed E-state index contributed by atoms with van der Waals surface area (Å²) in [6.07, 6.45) is 19.2. The minimum Gasteiger partial charge on any atom is -0.390 e. The second kappa shape index (κ2) is 10.8. The van der Waals surface area contributed by atoms with Crippen LogP contribution in [0.3, 0.4) is 0 Å². The van der Waals surface area contributed by atoms with Crippen LogP contribution in [0.1, 0.15) is 92.4 Å². The Balaban J connectivity index is 1.70. The summed E-state index contributed by atoms with van der Waals surface area (Å²) in [5.74, 6) is 1.71. The Morgan fingerprint density at radius 2 is 1.68 bits per heavy atom. The van der Waals surface area contributed by atoms with E-state index in [-0.39, 0.29) is 0 Å². The summed E-state index contributed by atoms with van der Waals surface area (Å²) in [5, 5.41) is 41.3. The molecule has 0 heterocycles. The van der Waals surface area contributed by atoms with Crippen molar-refractivity contribution in [3.8, 4) is 0 Å². The second-order valence-electron chi connectivity index (χ2n) is 11.7. The molecule has 0 aliphatic heterocycles. The van der Waals surface area contributed by atoms with Crippen LogP contribution < -0.4 is 0 Å². The molecule has 3 saturated carbocycles. The zero-order valence-electron chi connectivity index (χ0n) is 22.0. The average Bonchev–Trinajstić information content (AvgIpc) is 3.16. The zero-order valence-corrected chi connectivity index (χ0v) is 22.0. The van der Waals surface area contributed by atoms with Crippen molar-refractivity contribution in [1.82, 2.24) is 0 Å². The number of hydrogen-bond acceptors (Lipinski definition) is 4. The van der Waals surface area contributed by atoms with E-state index in [4.69, 9.17) is 0 Å². The van der Waals surface area contributed by atoms with Gasteiger partial charge >= 0.3 is 0 Å². The minimum absolute atomic E-state index is 0.291. The van der Waals surface area contributed by atoms with E-state index in [1.165, 1.54) is 38.2 Å². The van der Waals surface area contributed by atoms with E-state index < -0.39 is 23.4 Å². The Labute approximate surface area is 207 Å². The number of aliphatic hydroxyl groups excluding tert-OH is 2. The summed E-state index contributed by atoms with van der Waals surface area (Å²) < 4.78 is 0. The van der Waals surface area contributed by atoms with Crippen LogP contribution in [0, 0.1) is 23.2 Å². The Hall–Kier alpha value is -1.20. The molecule has 0 radical (unpaired) electrons. The van der Waals surface area contributed by atoms with E-state index in [9.17, 15) is 20.4 Å². The van der Waals surface area contributed by atoms with Gasteiger partial charge in [-0.1, -0.05) is 75.3 Å². The summed E-state index contributed by atoms with van der Waals surface area (Å²) in [7, 11) is 0. The summed E-state index contributed by atoms with van der Waals surface area (Å²) in [5.41, 5.74) is 0.687. The standard InChI is InChI=1S/C30H48O4/c1-6-30(34,7-2)18-9-8-11-21(3)24-15-16-25-23(12-10-17-28(24,25)4)14-13-22-19-26(31)29(5,33)27(32)20-22/h8-9,11,13-14,18,21,24-27,31-34H,6-7,10,12,15-17,19-20H2,1-5H3/t21-,24?,25?,26-,27-,28?,29?/m1/s1. The number of hydrogen-bond donors (Lipinski definition) is 4. The maximum absolute atomic E-state index is 10.5. The first kappa shape index (κ1) is 27.4. The van der Waals surface area contributed by atoms with E-state index >= 15 is 0 Å². The fourth-order valence-electron chi connectivity index (χ4n) is 6.81. The first-order valence-electron chi connectivity index (χ1n) is 13.5. The van der Waals surface area contributed by atoms with Gasteiger partial charge in [-0.2, -0.15) is 0 Å². The van der Waals surface area contributed by atoms with Gasteiger partial charge in [-0.05, 0) is 87.9 Å². The highest BCUT2D eigenvalue weighted by atomic mass is 16.4. The lowest BCUT2D eigenvalue weighted by Gasteiger charge is -2.44. The smallest absolute Gasteiger partial charge is 0.114 e. The molecule has 0 saturated heterocycles. The molecule has 4 nitrogen and oxygen atoms in total. The van der Waals surface area contributed by atoms with Gasteiger partial charge < -0.3 is 20.4 Å². The van der Waals surface area contributed by atoms with Crippen molar-refractivity contribution in [3.63, 3.8) is 0 Å². The SMILES string of the molecule is CCC(O)(C=CC=C[C@@H](C)C1CCC2C(=CC=C3C[C@@H](O)C(C)(O)[C@H](O)C3)CCCC21C)CC. The molecule has 3 unspecified atom stereocenters. The fraction of sp³-hybridized carbons (Fsp3) is 0.733. The van der Waals surface area contributed by atoms with E-state index in [1.807, 2.05) is 26.0 Å². The predicted molar refractivity (Wildman–Crippen MR) is 139 cm³/mol. The molecule has 0 aromatic heterocycles. The highest BCUT2D eigenvalue weighted by Crippen LogP contribution is 2.59. The van der Waals surface area contributed by atoms with E-state index in [2.05, 4.69) is 38.2 Å². The lowest BCUT2D eigenvalue weighted by atomic mass is 9.61. The molecule has 4 heteroatoms. The summed E-state index contributed by atoms with van der Waals surface area (Å²) >= 11 is 0. The van der Waals surface area contributed by atoms with Crippen LogP contribution >= 0.6 is 0 Å². The molecule has 3 aliphatic rings. The van der Waals surface area contributed by atoms with E-state index in [1.54, 1.807) is 0 Å². The highest BCUT2D eigenvalue weighted by Gasteiger charge is 2.50. The van der Waals surface area contributed by atoms with E-state index in [0.717, 1.165) is 24.8 Å². The Morgan fingerprint density at radius 1 is 1.03 bits per heavy atom. The van der Waals surface area contributed by atoms with Crippen LogP contribution in [0.2, 0.25) is 0 Å². The monoisotopic (exact) mass is 472 g/mol. The van der Waals surface area contributed by atoms with Gasteiger partial charge in [0.15, 0.2) is 0 Å². The number of aliphatic hydroxyl groups is 4. The number of fused-ring (bicyclic) bond motifs is 1. The summed E-state index contributed by atoms with van der Waals surface area (Å²) in [4.78, 5) is 0. The normalized spacial score (nSPS) is 39.2. The fourth-order valence-corrected chi connectivity index (χ4v) is 6.81. The maximum atomic E-state index is 10.5. The Bertz CT molecular complexity index is 800. The molecule has 6 atom stereocenters. The number of rotatable bonds is 7. The Kier molecular flexibility index (Phi) is 8.72. The van der Waals surface area contributed by atoms with Gasteiger partial charge in [0.05, 0.1) is 17.8 Å². The molecule has 3 aliphatic carbocycles. The van der Waals surface area contributed by atoms with Crippen molar-refractivity contribution in [3.05, 3.63) is 47.6 Å². The van der Waals surface area contributed by atoms with Gasteiger partial charge in [-0.3, -0.25) is 0 Å². The molecule has 0 spiro atoms. The quantitative estimate of drug-likeness (QED) is 0.363. The van der Waals surface area contributed by atoms with Gasteiger partial charge in [0.1, 0.15) is 5.60 Å². The molecule has 192 valence electrons.